The fourth-order valence-corrected chi connectivity index (χ4v) is 2.27. The van der Waals surface area contributed by atoms with E-state index in [1.807, 2.05) is 0 Å². The summed E-state index contributed by atoms with van der Waals surface area (Å²) >= 11 is 0. The summed E-state index contributed by atoms with van der Waals surface area (Å²) in [6.07, 6.45) is 2.20. The van der Waals surface area contributed by atoms with Gasteiger partial charge in [-0.15, -0.1) is 0 Å². The van der Waals surface area contributed by atoms with Crippen LogP contribution in [0.4, 0.5) is 0 Å². The van der Waals surface area contributed by atoms with Crippen molar-refractivity contribution >= 4 is 10.9 Å². The van der Waals surface area contributed by atoms with Crippen molar-refractivity contribution < 1.29 is 0 Å². The maximum absolute atomic E-state index is 5.77. The van der Waals surface area contributed by atoms with Gasteiger partial charge in [0.05, 0.1) is 5.52 Å². The van der Waals surface area contributed by atoms with E-state index in [4.69, 9.17) is 5.73 Å². The van der Waals surface area contributed by atoms with Gasteiger partial charge in [0.25, 0.3) is 0 Å². The lowest BCUT2D eigenvalue weighted by Gasteiger charge is -2.08. The van der Waals surface area contributed by atoms with Crippen molar-refractivity contribution in [3.8, 4) is 0 Å². The van der Waals surface area contributed by atoms with Crippen molar-refractivity contribution in [1.82, 2.24) is 9.47 Å². The van der Waals surface area contributed by atoms with Gasteiger partial charge in [-0.05, 0) is 25.2 Å². The van der Waals surface area contributed by atoms with Crippen LogP contribution in [0.1, 0.15) is 11.1 Å². The van der Waals surface area contributed by atoms with Gasteiger partial charge >= 0.3 is 0 Å². The van der Waals surface area contributed by atoms with Crippen molar-refractivity contribution in [2.45, 2.75) is 13.1 Å². The second-order valence-corrected chi connectivity index (χ2v) is 4.52. The Kier molecular flexibility index (Phi) is 2.99. The number of para-hydroxylation sites is 1. The van der Waals surface area contributed by atoms with Crippen LogP contribution in [0.25, 0.3) is 10.9 Å². The third-order valence-corrected chi connectivity index (χ3v) is 2.87. The SMILES string of the molecule is CN(C)Cc1cn(C)c2c(CN)cccc12. The van der Waals surface area contributed by atoms with E-state index in [0.29, 0.717) is 6.54 Å². The van der Waals surface area contributed by atoms with Crippen LogP contribution in [0.15, 0.2) is 24.4 Å². The van der Waals surface area contributed by atoms with Gasteiger partial charge in [-0.25, -0.2) is 0 Å². The molecular formula is C13H19N3. The molecule has 2 rings (SSSR count). The Bertz CT molecular complexity index is 497. The lowest BCUT2D eigenvalue weighted by Crippen LogP contribution is -2.10. The van der Waals surface area contributed by atoms with Crippen LogP contribution >= 0.6 is 0 Å². The summed E-state index contributed by atoms with van der Waals surface area (Å²) in [6, 6.07) is 6.36. The Balaban J connectivity index is 2.62. The number of benzene rings is 1. The average molecular weight is 217 g/mol. The maximum Gasteiger partial charge on any atom is 0.0526 e. The van der Waals surface area contributed by atoms with Crippen LogP contribution in [-0.4, -0.2) is 23.6 Å². The van der Waals surface area contributed by atoms with Crippen molar-refractivity contribution in [3.63, 3.8) is 0 Å². The monoisotopic (exact) mass is 217 g/mol. The van der Waals surface area contributed by atoms with Crippen LogP contribution in [0.3, 0.4) is 0 Å². The van der Waals surface area contributed by atoms with Gasteiger partial charge in [0.2, 0.25) is 0 Å². The molecule has 0 radical (unpaired) electrons. The van der Waals surface area contributed by atoms with Gasteiger partial charge in [0, 0.05) is 31.7 Å². The molecule has 86 valence electrons. The molecule has 0 saturated heterocycles. The Hall–Kier alpha value is -1.32. The maximum atomic E-state index is 5.77. The fourth-order valence-electron chi connectivity index (χ4n) is 2.27. The first-order valence-electron chi connectivity index (χ1n) is 5.54. The summed E-state index contributed by atoms with van der Waals surface area (Å²) in [6.45, 7) is 1.56. The summed E-state index contributed by atoms with van der Waals surface area (Å²) in [5, 5.41) is 1.32. The molecule has 0 atom stereocenters. The number of hydrogen-bond donors (Lipinski definition) is 1. The number of nitrogens with zero attached hydrogens (tertiary/aromatic N) is 2. The minimum Gasteiger partial charge on any atom is -0.350 e. The van der Waals surface area contributed by atoms with Gasteiger partial charge in [-0.2, -0.15) is 0 Å². The molecule has 2 aromatic rings. The van der Waals surface area contributed by atoms with Crippen LogP contribution < -0.4 is 5.73 Å². The molecule has 0 aliphatic carbocycles. The van der Waals surface area contributed by atoms with Gasteiger partial charge in [0.15, 0.2) is 0 Å². The molecule has 0 fully saturated rings. The molecule has 1 aromatic carbocycles. The largest absolute Gasteiger partial charge is 0.350 e. The van der Waals surface area contributed by atoms with Crippen molar-refractivity contribution in [2.75, 3.05) is 14.1 Å². The number of aryl methyl sites for hydroxylation is 1. The molecule has 1 heterocycles. The average Bonchev–Trinajstić information content (AvgIpc) is 2.55. The van der Waals surface area contributed by atoms with E-state index in [1.54, 1.807) is 0 Å². The highest BCUT2D eigenvalue weighted by molar-refractivity contribution is 5.86. The molecule has 2 N–H and O–H groups in total. The summed E-state index contributed by atoms with van der Waals surface area (Å²) < 4.78 is 2.18. The lowest BCUT2D eigenvalue weighted by atomic mass is 10.1. The zero-order chi connectivity index (χ0) is 11.7. The number of nitrogens with two attached hydrogens (primary N) is 1. The van der Waals surface area contributed by atoms with E-state index in [0.717, 1.165) is 6.54 Å². The molecular weight excluding hydrogens is 198 g/mol. The second-order valence-electron chi connectivity index (χ2n) is 4.52. The third-order valence-electron chi connectivity index (χ3n) is 2.87. The topological polar surface area (TPSA) is 34.2 Å². The zero-order valence-electron chi connectivity index (χ0n) is 10.2. The van der Waals surface area contributed by atoms with Gasteiger partial charge in [-0.1, -0.05) is 18.2 Å². The molecule has 1 aromatic heterocycles. The fraction of sp³-hybridized carbons (Fsp3) is 0.385. The second kappa shape index (κ2) is 4.28. The van der Waals surface area contributed by atoms with E-state index in [9.17, 15) is 0 Å². The van der Waals surface area contributed by atoms with Crippen molar-refractivity contribution in [2.24, 2.45) is 12.8 Å². The minimum atomic E-state index is 0.594. The number of aromatic nitrogens is 1. The van der Waals surface area contributed by atoms with Gasteiger partial charge in [-0.3, -0.25) is 0 Å². The highest BCUT2D eigenvalue weighted by Crippen LogP contribution is 2.24. The van der Waals surface area contributed by atoms with E-state index < -0.39 is 0 Å². The Labute approximate surface area is 96.5 Å². The Morgan fingerprint density at radius 2 is 2.00 bits per heavy atom. The van der Waals surface area contributed by atoms with E-state index in [-0.39, 0.29) is 0 Å². The predicted molar refractivity (Wildman–Crippen MR) is 68.2 cm³/mol. The predicted octanol–water partition coefficient (Wildman–Crippen LogP) is 1.70. The molecule has 16 heavy (non-hydrogen) atoms. The number of fused-ring (bicyclic) bond motifs is 1. The van der Waals surface area contributed by atoms with Crippen LogP contribution in [-0.2, 0) is 20.1 Å². The van der Waals surface area contributed by atoms with Crippen LogP contribution in [0, 0.1) is 0 Å². The standard InChI is InChI=1S/C13H19N3/c1-15(2)8-11-9-16(3)13-10(7-14)5-4-6-12(11)13/h4-6,9H,7-8,14H2,1-3H3. The first kappa shape index (κ1) is 11.2. The first-order chi connectivity index (χ1) is 7.63. The van der Waals surface area contributed by atoms with Gasteiger partial charge in [0.1, 0.15) is 0 Å². The van der Waals surface area contributed by atoms with E-state index in [2.05, 4.69) is 55.0 Å². The van der Waals surface area contributed by atoms with Crippen LogP contribution in [0.5, 0.6) is 0 Å². The zero-order valence-corrected chi connectivity index (χ0v) is 10.2. The summed E-state index contributed by atoms with van der Waals surface area (Å²) in [5.74, 6) is 0. The quantitative estimate of drug-likeness (QED) is 0.849. The van der Waals surface area contributed by atoms with Gasteiger partial charge < -0.3 is 15.2 Å². The summed E-state index contributed by atoms with van der Waals surface area (Å²) in [7, 11) is 6.26. The van der Waals surface area contributed by atoms with E-state index >= 15 is 0 Å². The molecule has 0 bridgehead atoms. The molecule has 0 saturated carbocycles. The van der Waals surface area contributed by atoms with Crippen molar-refractivity contribution in [1.29, 1.82) is 0 Å². The highest BCUT2D eigenvalue weighted by Gasteiger charge is 2.09. The van der Waals surface area contributed by atoms with Crippen LogP contribution in [0.2, 0.25) is 0 Å². The minimum absolute atomic E-state index is 0.594. The van der Waals surface area contributed by atoms with Crippen molar-refractivity contribution in [3.05, 3.63) is 35.5 Å². The Morgan fingerprint density at radius 3 is 2.62 bits per heavy atom. The normalized spacial score (nSPS) is 11.6. The molecule has 3 nitrogen and oxygen atoms in total. The molecule has 0 amide bonds. The summed E-state index contributed by atoms with van der Waals surface area (Å²) in [5.41, 5.74) is 9.61. The lowest BCUT2D eigenvalue weighted by molar-refractivity contribution is 0.404. The number of rotatable bonds is 3. The Morgan fingerprint density at radius 1 is 1.25 bits per heavy atom. The van der Waals surface area contributed by atoms with E-state index in [1.165, 1.54) is 22.0 Å². The molecule has 0 spiro atoms. The summed E-state index contributed by atoms with van der Waals surface area (Å²) in [4.78, 5) is 2.18. The smallest absolute Gasteiger partial charge is 0.0526 e. The molecule has 0 unspecified atom stereocenters. The molecule has 0 aliphatic rings. The first-order valence-corrected chi connectivity index (χ1v) is 5.54. The highest BCUT2D eigenvalue weighted by atomic mass is 15.1. The third kappa shape index (κ3) is 1.84. The molecule has 3 heteroatoms. The molecule has 0 aliphatic heterocycles. The number of hydrogen-bond acceptors (Lipinski definition) is 2.